The molecule has 3 amide bonds. The summed E-state index contributed by atoms with van der Waals surface area (Å²) in [5, 5.41) is 2.71. The van der Waals surface area contributed by atoms with Crippen LogP contribution in [-0.4, -0.2) is 79.7 Å². The zero-order chi connectivity index (χ0) is 26.5. The number of nitrogens with zero attached hydrogens (tertiary/aromatic N) is 2. The Morgan fingerprint density at radius 3 is 2.33 bits per heavy atom. The number of carbonyl (C=O) groups excluding carboxylic acids is 4. The third-order valence-electron chi connectivity index (χ3n) is 5.59. The van der Waals surface area contributed by atoms with Gasteiger partial charge in [0.1, 0.15) is 18.5 Å². The summed E-state index contributed by atoms with van der Waals surface area (Å²) in [6.07, 6.45) is 1.97. The first kappa shape index (κ1) is 28.8. The highest BCUT2D eigenvalue weighted by molar-refractivity contribution is 6.04. The molecule has 1 aliphatic rings. The van der Waals surface area contributed by atoms with Crippen LogP contribution < -0.4 is 11.1 Å². The van der Waals surface area contributed by atoms with Crippen LogP contribution in [0, 0.1) is 0 Å². The summed E-state index contributed by atoms with van der Waals surface area (Å²) in [6, 6.07) is 5.50. The van der Waals surface area contributed by atoms with E-state index >= 15 is 0 Å². The fourth-order valence-electron chi connectivity index (χ4n) is 3.54. The van der Waals surface area contributed by atoms with Crippen LogP contribution in [0.5, 0.6) is 0 Å². The minimum Gasteiger partial charge on any atom is -0.464 e. The van der Waals surface area contributed by atoms with Crippen LogP contribution in [0.1, 0.15) is 62.4 Å². The molecule has 3 N–H and O–H groups in total. The van der Waals surface area contributed by atoms with Gasteiger partial charge in [-0.05, 0) is 45.2 Å². The van der Waals surface area contributed by atoms with Crippen molar-refractivity contribution in [1.82, 2.24) is 10.2 Å². The number of rotatable bonds is 11. The van der Waals surface area contributed by atoms with Gasteiger partial charge in [0.05, 0.1) is 19.3 Å². The van der Waals surface area contributed by atoms with Gasteiger partial charge in [-0.2, -0.15) is 4.99 Å². The lowest BCUT2D eigenvalue weighted by molar-refractivity contribution is -0.152. The van der Waals surface area contributed by atoms with E-state index in [1.165, 1.54) is 0 Å². The van der Waals surface area contributed by atoms with E-state index in [-0.39, 0.29) is 31.1 Å². The molecule has 0 aliphatic carbocycles. The third kappa shape index (κ3) is 9.29. The summed E-state index contributed by atoms with van der Waals surface area (Å²) in [4.78, 5) is 53.9. The van der Waals surface area contributed by atoms with Gasteiger partial charge in [-0.1, -0.05) is 25.5 Å². The van der Waals surface area contributed by atoms with Gasteiger partial charge in [-0.15, -0.1) is 0 Å². The molecular formula is C25H36N4O7. The number of amidine groups is 1. The summed E-state index contributed by atoms with van der Waals surface area (Å²) in [5.74, 6) is -1.02. The number of unbranched alkanes of at least 4 members (excludes halogenated alkanes) is 1. The maximum Gasteiger partial charge on any atom is 0.435 e. The van der Waals surface area contributed by atoms with Crippen LogP contribution in [0.4, 0.5) is 4.79 Å². The number of likely N-dealkylation sites (tertiary alicyclic amines) is 1. The summed E-state index contributed by atoms with van der Waals surface area (Å²) in [7, 11) is 0. The van der Waals surface area contributed by atoms with Crippen molar-refractivity contribution in [3.05, 3.63) is 35.4 Å². The van der Waals surface area contributed by atoms with Crippen molar-refractivity contribution in [2.75, 3.05) is 32.9 Å². The number of esters is 1. The van der Waals surface area contributed by atoms with Crippen molar-refractivity contribution in [3.8, 4) is 0 Å². The van der Waals surface area contributed by atoms with Gasteiger partial charge < -0.3 is 30.2 Å². The Hall–Kier alpha value is -3.47. The van der Waals surface area contributed by atoms with E-state index in [1.807, 2.05) is 6.92 Å². The molecule has 0 spiro atoms. The standard InChI is InChI=1S/C25H36N4O7/c1-4-6-15-35-25(33)28-22(26)18-7-9-19(10-8-18)23(31)27-17(3)24(32)29-13-11-20(12-14-29)36-16-21(30)34-5-2/h7-10,17,20H,4-6,11-16H2,1-3H3,(H,27,31)(H2,26,28,33)/t17-/m0/s1. The van der Waals surface area contributed by atoms with Crippen LogP contribution in [0.2, 0.25) is 0 Å². The lowest BCUT2D eigenvalue weighted by Crippen LogP contribution is -2.50. The number of nitrogens with two attached hydrogens (primary N) is 1. The van der Waals surface area contributed by atoms with Crippen molar-refractivity contribution in [1.29, 1.82) is 0 Å². The molecule has 1 aliphatic heterocycles. The highest BCUT2D eigenvalue weighted by Crippen LogP contribution is 2.15. The Kier molecular flexibility index (Phi) is 11.8. The minimum absolute atomic E-state index is 0.0124. The normalized spacial score (nSPS) is 15.2. The summed E-state index contributed by atoms with van der Waals surface area (Å²) >= 11 is 0. The predicted molar refractivity (Wildman–Crippen MR) is 133 cm³/mol. The van der Waals surface area contributed by atoms with Crippen molar-refractivity contribution >= 4 is 29.7 Å². The van der Waals surface area contributed by atoms with Crippen molar-refractivity contribution in [2.24, 2.45) is 10.7 Å². The summed E-state index contributed by atoms with van der Waals surface area (Å²) in [6.45, 7) is 6.78. The SMILES string of the molecule is CCCCOC(=O)/N=C(\N)c1ccc(C(=O)N[C@@H](C)C(=O)N2CCC(OCC(=O)OCC)CC2)cc1. The monoisotopic (exact) mass is 504 g/mol. The molecule has 1 aromatic rings. The number of amides is 3. The number of hydrogen-bond acceptors (Lipinski definition) is 7. The molecule has 1 fully saturated rings. The Morgan fingerprint density at radius 1 is 1.08 bits per heavy atom. The molecule has 198 valence electrons. The second kappa shape index (κ2) is 14.8. The lowest BCUT2D eigenvalue weighted by atomic mass is 10.1. The quantitative estimate of drug-likeness (QED) is 0.201. The smallest absolute Gasteiger partial charge is 0.435 e. The van der Waals surface area contributed by atoms with Crippen LogP contribution in [-0.2, 0) is 23.8 Å². The zero-order valence-electron chi connectivity index (χ0n) is 21.2. The second-order valence-electron chi connectivity index (χ2n) is 8.38. The zero-order valence-corrected chi connectivity index (χ0v) is 21.2. The molecule has 1 aromatic carbocycles. The average molecular weight is 505 g/mol. The van der Waals surface area contributed by atoms with E-state index in [2.05, 4.69) is 10.3 Å². The van der Waals surface area contributed by atoms with E-state index in [0.29, 0.717) is 43.7 Å². The van der Waals surface area contributed by atoms with Gasteiger partial charge in [0.2, 0.25) is 5.91 Å². The average Bonchev–Trinajstić information content (AvgIpc) is 2.87. The van der Waals surface area contributed by atoms with Gasteiger partial charge in [-0.25, -0.2) is 9.59 Å². The number of ether oxygens (including phenoxy) is 3. The summed E-state index contributed by atoms with van der Waals surface area (Å²) in [5.41, 5.74) is 6.66. The molecule has 0 bridgehead atoms. The van der Waals surface area contributed by atoms with Crippen molar-refractivity contribution in [3.63, 3.8) is 0 Å². The maximum atomic E-state index is 12.8. The fraction of sp³-hybridized carbons (Fsp3) is 0.560. The van der Waals surface area contributed by atoms with Gasteiger partial charge in [0, 0.05) is 24.2 Å². The highest BCUT2D eigenvalue weighted by atomic mass is 16.6. The van der Waals surface area contributed by atoms with E-state index in [4.69, 9.17) is 19.9 Å². The number of hydrogen-bond donors (Lipinski definition) is 2. The molecule has 2 rings (SSSR count). The molecular weight excluding hydrogens is 468 g/mol. The first-order valence-corrected chi connectivity index (χ1v) is 12.2. The lowest BCUT2D eigenvalue weighted by Gasteiger charge is -2.33. The molecule has 1 heterocycles. The molecule has 1 atom stereocenters. The number of piperidine rings is 1. The topological polar surface area (TPSA) is 150 Å². The Balaban J connectivity index is 1.82. The van der Waals surface area contributed by atoms with Crippen molar-refractivity contribution < 1.29 is 33.4 Å². The first-order valence-electron chi connectivity index (χ1n) is 12.2. The van der Waals surface area contributed by atoms with Crippen LogP contribution in [0.3, 0.4) is 0 Å². The molecule has 0 aromatic heterocycles. The number of nitrogens with one attached hydrogen (secondary N) is 1. The Morgan fingerprint density at radius 2 is 1.72 bits per heavy atom. The molecule has 0 unspecified atom stereocenters. The van der Waals surface area contributed by atoms with Crippen LogP contribution in [0.15, 0.2) is 29.3 Å². The third-order valence-corrected chi connectivity index (χ3v) is 5.59. The number of aliphatic imine (C=N–C) groups is 1. The first-order chi connectivity index (χ1) is 17.2. The molecule has 0 saturated carbocycles. The second-order valence-corrected chi connectivity index (χ2v) is 8.38. The molecule has 1 saturated heterocycles. The van der Waals surface area contributed by atoms with E-state index in [9.17, 15) is 19.2 Å². The molecule has 11 heteroatoms. The summed E-state index contributed by atoms with van der Waals surface area (Å²) < 4.78 is 15.4. The van der Waals surface area contributed by atoms with Gasteiger partial charge >= 0.3 is 12.1 Å². The minimum atomic E-state index is -0.760. The van der Waals surface area contributed by atoms with E-state index in [1.54, 1.807) is 43.0 Å². The van der Waals surface area contributed by atoms with Gasteiger partial charge in [0.25, 0.3) is 5.91 Å². The molecule has 11 nitrogen and oxygen atoms in total. The van der Waals surface area contributed by atoms with Crippen LogP contribution >= 0.6 is 0 Å². The molecule has 0 radical (unpaired) electrons. The Bertz CT molecular complexity index is 925. The van der Waals surface area contributed by atoms with Crippen molar-refractivity contribution in [2.45, 2.75) is 58.6 Å². The predicted octanol–water partition coefficient (Wildman–Crippen LogP) is 2.02. The van der Waals surface area contributed by atoms with Gasteiger partial charge in [0.15, 0.2) is 0 Å². The number of carbonyl (C=O) groups is 4. The molecule has 36 heavy (non-hydrogen) atoms. The maximum absolute atomic E-state index is 12.8. The number of benzene rings is 1. The fourth-order valence-corrected chi connectivity index (χ4v) is 3.54. The highest BCUT2D eigenvalue weighted by Gasteiger charge is 2.27. The van der Waals surface area contributed by atoms with E-state index in [0.717, 1.165) is 12.8 Å². The van der Waals surface area contributed by atoms with Gasteiger partial charge in [-0.3, -0.25) is 9.59 Å². The Labute approximate surface area is 211 Å². The largest absolute Gasteiger partial charge is 0.464 e. The van der Waals surface area contributed by atoms with Crippen LogP contribution in [0.25, 0.3) is 0 Å². The van der Waals surface area contributed by atoms with E-state index < -0.39 is 24.0 Å².